The van der Waals surface area contributed by atoms with Crippen LogP contribution in [0.25, 0.3) is 22.1 Å². The molecule has 2 aromatic carbocycles. The minimum atomic E-state index is -1.08. The van der Waals surface area contributed by atoms with Crippen molar-refractivity contribution in [3.05, 3.63) is 64.0 Å². The van der Waals surface area contributed by atoms with Crippen molar-refractivity contribution in [2.45, 2.75) is 13.0 Å². The Labute approximate surface area is 142 Å². The molecule has 3 aromatic rings. The van der Waals surface area contributed by atoms with Gasteiger partial charge in [-0.05, 0) is 25.1 Å². The second-order valence-corrected chi connectivity index (χ2v) is 5.62. The van der Waals surface area contributed by atoms with Crippen LogP contribution in [0.4, 0.5) is 0 Å². The van der Waals surface area contributed by atoms with Crippen LogP contribution in [-0.2, 0) is 4.79 Å². The van der Waals surface area contributed by atoms with Gasteiger partial charge in [0.25, 0.3) is 0 Å². The van der Waals surface area contributed by atoms with Crippen molar-refractivity contribution in [1.82, 2.24) is 0 Å². The van der Waals surface area contributed by atoms with Gasteiger partial charge in [0.2, 0.25) is 0 Å². The van der Waals surface area contributed by atoms with Crippen molar-refractivity contribution in [3.63, 3.8) is 0 Å². The van der Waals surface area contributed by atoms with Gasteiger partial charge in [-0.2, -0.15) is 0 Å². The maximum absolute atomic E-state index is 11.9. The summed E-state index contributed by atoms with van der Waals surface area (Å²) in [4.78, 5) is 22.8. The summed E-state index contributed by atoms with van der Waals surface area (Å²) < 4.78 is 10.5. The third-order valence-corrected chi connectivity index (χ3v) is 3.87. The van der Waals surface area contributed by atoms with Gasteiger partial charge in [-0.3, -0.25) is 0 Å². The SMILES string of the molecule is CC(Oc1ccc2c(-c3ccccc3Cl)cc(=O)oc2c1)C(=O)O. The minimum Gasteiger partial charge on any atom is -0.479 e. The Kier molecular flexibility index (Phi) is 4.27. The molecule has 0 spiro atoms. The van der Waals surface area contributed by atoms with Crippen molar-refractivity contribution in [2.24, 2.45) is 0 Å². The van der Waals surface area contributed by atoms with Gasteiger partial charge >= 0.3 is 11.6 Å². The molecule has 1 unspecified atom stereocenters. The fourth-order valence-electron chi connectivity index (χ4n) is 2.37. The van der Waals surface area contributed by atoms with E-state index < -0.39 is 17.7 Å². The van der Waals surface area contributed by atoms with E-state index in [2.05, 4.69) is 0 Å². The zero-order chi connectivity index (χ0) is 17.3. The molecule has 0 fully saturated rings. The maximum Gasteiger partial charge on any atom is 0.344 e. The van der Waals surface area contributed by atoms with E-state index in [0.717, 1.165) is 0 Å². The summed E-state index contributed by atoms with van der Waals surface area (Å²) in [5, 5.41) is 10.1. The first-order valence-corrected chi connectivity index (χ1v) is 7.56. The summed E-state index contributed by atoms with van der Waals surface area (Å²) >= 11 is 6.22. The highest BCUT2D eigenvalue weighted by Gasteiger charge is 2.15. The molecule has 0 saturated carbocycles. The fraction of sp³-hybridized carbons (Fsp3) is 0.111. The van der Waals surface area contributed by atoms with E-state index in [1.165, 1.54) is 19.1 Å². The van der Waals surface area contributed by atoms with E-state index in [1.807, 2.05) is 12.1 Å². The summed E-state index contributed by atoms with van der Waals surface area (Å²) in [6, 6.07) is 13.4. The first-order valence-electron chi connectivity index (χ1n) is 7.18. The molecule has 1 aromatic heterocycles. The van der Waals surface area contributed by atoms with Gasteiger partial charge in [-0.1, -0.05) is 29.8 Å². The largest absolute Gasteiger partial charge is 0.479 e. The van der Waals surface area contributed by atoms with Crippen LogP contribution in [0.15, 0.2) is 57.7 Å². The second kappa shape index (κ2) is 6.37. The number of benzene rings is 2. The van der Waals surface area contributed by atoms with Crippen molar-refractivity contribution in [1.29, 1.82) is 0 Å². The molecular weight excluding hydrogens is 332 g/mol. The number of carboxylic acids is 1. The lowest BCUT2D eigenvalue weighted by molar-refractivity contribution is -0.144. The van der Waals surface area contributed by atoms with Crippen LogP contribution in [-0.4, -0.2) is 17.2 Å². The van der Waals surface area contributed by atoms with E-state index in [4.69, 9.17) is 25.9 Å². The van der Waals surface area contributed by atoms with Crippen molar-refractivity contribution < 1.29 is 19.1 Å². The van der Waals surface area contributed by atoms with Crippen LogP contribution in [0.1, 0.15) is 6.92 Å². The Bertz CT molecular complexity index is 977. The van der Waals surface area contributed by atoms with E-state index >= 15 is 0 Å². The zero-order valence-electron chi connectivity index (χ0n) is 12.7. The molecule has 0 aliphatic carbocycles. The number of halogens is 1. The minimum absolute atomic E-state index is 0.299. The molecule has 24 heavy (non-hydrogen) atoms. The molecule has 0 aliphatic rings. The molecule has 3 rings (SSSR count). The quantitative estimate of drug-likeness (QED) is 0.725. The zero-order valence-corrected chi connectivity index (χ0v) is 13.4. The summed E-state index contributed by atoms with van der Waals surface area (Å²) in [6.45, 7) is 1.42. The Hall–Kier alpha value is -2.79. The lowest BCUT2D eigenvalue weighted by atomic mass is 10.0. The molecule has 6 heteroatoms. The number of aliphatic carboxylic acids is 1. The van der Waals surface area contributed by atoms with Crippen LogP contribution < -0.4 is 10.4 Å². The summed E-state index contributed by atoms with van der Waals surface area (Å²) in [5.41, 5.74) is 1.13. The Morgan fingerprint density at radius 1 is 1.17 bits per heavy atom. The van der Waals surface area contributed by atoms with Crippen LogP contribution in [0.5, 0.6) is 5.75 Å². The Morgan fingerprint density at radius 3 is 2.62 bits per heavy atom. The highest BCUT2D eigenvalue weighted by Crippen LogP contribution is 2.33. The van der Waals surface area contributed by atoms with Crippen molar-refractivity contribution >= 4 is 28.5 Å². The number of hydrogen-bond donors (Lipinski definition) is 1. The van der Waals surface area contributed by atoms with Gasteiger partial charge in [0.05, 0.1) is 0 Å². The number of fused-ring (bicyclic) bond motifs is 1. The van der Waals surface area contributed by atoms with Crippen molar-refractivity contribution in [2.75, 3.05) is 0 Å². The molecule has 5 nitrogen and oxygen atoms in total. The summed E-state index contributed by atoms with van der Waals surface area (Å²) in [5.74, 6) is -0.779. The predicted molar refractivity (Wildman–Crippen MR) is 90.7 cm³/mol. The summed E-state index contributed by atoms with van der Waals surface area (Å²) in [7, 11) is 0. The standard InChI is InChI=1S/C18H13ClO5/c1-10(18(21)22)23-11-6-7-13-14(9-17(20)24-16(13)8-11)12-4-2-3-5-15(12)19/h2-10H,1H3,(H,21,22). The smallest absolute Gasteiger partial charge is 0.344 e. The number of rotatable bonds is 4. The molecular formula is C18H13ClO5. The lowest BCUT2D eigenvalue weighted by Crippen LogP contribution is -2.22. The molecule has 0 aliphatic heterocycles. The molecule has 1 N–H and O–H groups in total. The lowest BCUT2D eigenvalue weighted by Gasteiger charge is -2.12. The summed E-state index contributed by atoms with van der Waals surface area (Å²) in [6.07, 6.45) is -1.01. The highest BCUT2D eigenvalue weighted by molar-refractivity contribution is 6.33. The molecule has 0 radical (unpaired) electrons. The van der Waals surface area contributed by atoms with Crippen LogP contribution in [0.2, 0.25) is 5.02 Å². The molecule has 0 bridgehead atoms. The van der Waals surface area contributed by atoms with Gasteiger partial charge < -0.3 is 14.3 Å². The van der Waals surface area contributed by atoms with E-state index in [0.29, 0.717) is 32.9 Å². The Morgan fingerprint density at radius 2 is 1.92 bits per heavy atom. The maximum atomic E-state index is 11.9. The molecule has 1 heterocycles. The van der Waals surface area contributed by atoms with Crippen LogP contribution >= 0.6 is 11.6 Å². The highest BCUT2D eigenvalue weighted by atomic mass is 35.5. The molecule has 1 atom stereocenters. The normalized spacial score (nSPS) is 12.1. The average molecular weight is 345 g/mol. The first kappa shape index (κ1) is 16.1. The number of carboxylic acid groups (broad SMARTS) is 1. The van der Waals surface area contributed by atoms with Gasteiger partial charge in [0.15, 0.2) is 6.10 Å². The topological polar surface area (TPSA) is 76.7 Å². The third kappa shape index (κ3) is 3.12. The monoisotopic (exact) mass is 344 g/mol. The number of ether oxygens (including phenoxy) is 1. The third-order valence-electron chi connectivity index (χ3n) is 3.54. The predicted octanol–water partition coefficient (Wildman–Crippen LogP) is 3.97. The Balaban J connectivity index is 2.14. The molecule has 0 amide bonds. The fourth-order valence-corrected chi connectivity index (χ4v) is 2.61. The van der Waals surface area contributed by atoms with Crippen LogP contribution in [0.3, 0.4) is 0 Å². The van der Waals surface area contributed by atoms with Gasteiger partial charge in [-0.15, -0.1) is 0 Å². The first-order chi connectivity index (χ1) is 11.5. The number of carbonyl (C=O) groups is 1. The van der Waals surface area contributed by atoms with E-state index in [-0.39, 0.29) is 0 Å². The van der Waals surface area contributed by atoms with Crippen molar-refractivity contribution in [3.8, 4) is 16.9 Å². The van der Waals surface area contributed by atoms with Gasteiger partial charge in [0.1, 0.15) is 11.3 Å². The number of hydrogen-bond acceptors (Lipinski definition) is 4. The van der Waals surface area contributed by atoms with E-state index in [1.54, 1.807) is 24.3 Å². The van der Waals surface area contributed by atoms with E-state index in [9.17, 15) is 9.59 Å². The molecule has 122 valence electrons. The average Bonchev–Trinajstić information content (AvgIpc) is 2.54. The van der Waals surface area contributed by atoms with Gasteiger partial charge in [0, 0.05) is 33.7 Å². The van der Waals surface area contributed by atoms with Crippen LogP contribution in [0, 0.1) is 0 Å². The second-order valence-electron chi connectivity index (χ2n) is 5.22. The molecule has 0 saturated heterocycles. The van der Waals surface area contributed by atoms with Gasteiger partial charge in [-0.25, -0.2) is 9.59 Å².